The van der Waals surface area contributed by atoms with E-state index in [0.29, 0.717) is 0 Å². The standard InChI is InChI=1S/C21H32N2O2/c1-22-14-11-17-12-15-23(16-13-17)21(24)20(18-7-3-2-4-8-18)25-19-9-5-6-10-19/h2-4,7-8,17,19-20,22H,5-6,9-16H2,1H3. The van der Waals surface area contributed by atoms with Crippen LogP contribution in [-0.2, 0) is 9.53 Å². The molecule has 2 fully saturated rings. The number of likely N-dealkylation sites (tertiary alicyclic amines) is 1. The minimum atomic E-state index is -0.432. The summed E-state index contributed by atoms with van der Waals surface area (Å²) in [5.41, 5.74) is 0.997. The SMILES string of the molecule is CNCCC1CCN(C(=O)C(OC2CCCC2)c2ccccc2)CC1. The lowest BCUT2D eigenvalue weighted by Gasteiger charge is -2.35. The van der Waals surface area contributed by atoms with Crippen LogP contribution in [0.1, 0.15) is 56.6 Å². The molecule has 0 aromatic heterocycles. The smallest absolute Gasteiger partial charge is 0.256 e. The van der Waals surface area contributed by atoms with E-state index in [9.17, 15) is 4.79 Å². The van der Waals surface area contributed by atoms with Crippen molar-refractivity contribution in [3.63, 3.8) is 0 Å². The molecule has 3 rings (SSSR count). The lowest BCUT2D eigenvalue weighted by Crippen LogP contribution is -2.42. The normalized spacial score (nSPS) is 20.8. The summed E-state index contributed by atoms with van der Waals surface area (Å²) in [6.45, 7) is 2.80. The zero-order chi connectivity index (χ0) is 17.5. The van der Waals surface area contributed by atoms with E-state index in [1.807, 2.05) is 42.3 Å². The van der Waals surface area contributed by atoms with Gasteiger partial charge in [0.15, 0.2) is 6.10 Å². The van der Waals surface area contributed by atoms with E-state index in [1.54, 1.807) is 0 Å². The van der Waals surface area contributed by atoms with Crippen LogP contribution in [0.4, 0.5) is 0 Å². The van der Waals surface area contributed by atoms with E-state index in [0.717, 1.165) is 56.8 Å². The summed E-state index contributed by atoms with van der Waals surface area (Å²) >= 11 is 0. The second-order valence-corrected chi connectivity index (χ2v) is 7.49. The molecular weight excluding hydrogens is 312 g/mol. The van der Waals surface area contributed by atoms with Crippen LogP contribution in [0.3, 0.4) is 0 Å². The van der Waals surface area contributed by atoms with Crippen molar-refractivity contribution < 1.29 is 9.53 Å². The van der Waals surface area contributed by atoms with Gasteiger partial charge in [-0.3, -0.25) is 4.79 Å². The second-order valence-electron chi connectivity index (χ2n) is 7.49. The number of piperidine rings is 1. The molecule has 1 atom stereocenters. The van der Waals surface area contributed by atoms with Gasteiger partial charge in [-0.2, -0.15) is 0 Å². The number of nitrogens with one attached hydrogen (secondary N) is 1. The van der Waals surface area contributed by atoms with Gasteiger partial charge in [-0.1, -0.05) is 43.2 Å². The lowest BCUT2D eigenvalue weighted by molar-refractivity contribution is -0.149. The van der Waals surface area contributed by atoms with E-state index in [4.69, 9.17) is 4.74 Å². The van der Waals surface area contributed by atoms with Gasteiger partial charge >= 0.3 is 0 Å². The van der Waals surface area contributed by atoms with Crippen LogP contribution in [0.2, 0.25) is 0 Å². The molecule has 1 unspecified atom stereocenters. The first-order valence-electron chi connectivity index (χ1n) is 9.91. The fourth-order valence-electron chi connectivity index (χ4n) is 4.08. The summed E-state index contributed by atoms with van der Waals surface area (Å²) < 4.78 is 6.30. The van der Waals surface area contributed by atoms with Crippen LogP contribution in [0.5, 0.6) is 0 Å². The lowest BCUT2D eigenvalue weighted by atomic mass is 9.93. The van der Waals surface area contributed by atoms with Gasteiger partial charge < -0.3 is 15.0 Å². The molecular formula is C21H32N2O2. The number of rotatable bonds is 7. The Morgan fingerprint density at radius 2 is 1.84 bits per heavy atom. The summed E-state index contributed by atoms with van der Waals surface area (Å²) in [6, 6.07) is 10.0. The summed E-state index contributed by atoms with van der Waals surface area (Å²) in [6.07, 6.45) is 7.84. The predicted molar refractivity (Wildman–Crippen MR) is 100 cm³/mol. The zero-order valence-corrected chi connectivity index (χ0v) is 15.5. The summed E-state index contributed by atoms with van der Waals surface area (Å²) in [7, 11) is 2.00. The molecule has 25 heavy (non-hydrogen) atoms. The van der Waals surface area contributed by atoms with Crippen LogP contribution >= 0.6 is 0 Å². The number of carbonyl (C=O) groups is 1. The molecule has 1 aliphatic carbocycles. The maximum atomic E-state index is 13.2. The summed E-state index contributed by atoms with van der Waals surface area (Å²) in [5, 5.41) is 3.23. The largest absolute Gasteiger partial charge is 0.360 e. The van der Waals surface area contributed by atoms with Gasteiger partial charge in [-0.25, -0.2) is 0 Å². The monoisotopic (exact) mass is 344 g/mol. The van der Waals surface area contributed by atoms with Crippen molar-refractivity contribution in [1.82, 2.24) is 10.2 Å². The molecule has 138 valence electrons. The average Bonchev–Trinajstić information content (AvgIpc) is 3.18. The molecule has 1 saturated carbocycles. The van der Waals surface area contributed by atoms with Crippen LogP contribution < -0.4 is 5.32 Å². The first-order chi connectivity index (χ1) is 12.3. The molecule has 2 aliphatic rings. The molecule has 0 bridgehead atoms. The van der Waals surface area contributed by atoms with Crippen LogP contribution in [0.15, 0.2) is 30.3 Å². The quantitative estimate of drug-likeness (QED) is 0.823. The summed E-state index contributed by atoms with van der Waals surface area (Å²) in [4.78, 5) is 15.2. The first-order valence-corrected chi connectivity index (χ1v) is 9.91. The third-order valence-electron chi connectivity index (χ3n) is 5.69. The maximum absolute atomic E-state index is 13.2. The first kappa shape index (κ1) is 18.4. The van der Waals surface area contributed by atoms with Crippen LogP contribution in [-0.4, -0.2) is 43.6 Å². The highest BCUT2D eigenvalue weighted by Gasteiger charge is 2.32. The Labute approximate surface area is 151 Å². The molecule has 1 saturated heterocycles. The Bertz CT molecular complexity index is 520. The third kappa shape index (κ3) is 5.05. The van der Waals surface area contributed by atoms with Crippen molar-refractivity contribution >= 4 is 5.91 Å². The Kier molecular flexibility index (Phi) is 6.88. The Morgan fingerprint density at radius 3 is 2.48 bits per heavy atom. The second kappa shape index (κ2) is 9.35. The highest BCUT2D eigenvalue weighted by Crippen LogP contribution is 2.30. The van der Waals surface area contributed by atoms with Crippen molar-refractivity contribution in [3.8, 4) is 0 Å². The van der Waals surface area contributed by atoms with Crippen molar-refractivity contribution in [3.05, 3.63) is 35.9 Å². The molecule has 1 heterocycles. The van der Waals surface area contributed by atoms with Crippen LogP contribution in [0, 0.1) is 5.92 Å². The molecule has 1 aliphatic heterocycles. The van der Waals surface area contributed by atoms with Crippen molar-refractivity contribution in [2.75, 3.05) is 26.7 Å². The highest BCUT2D eigenvalue weighted by atomic mass is 16.5. The van der Waals surface area contributed by atoms with Gasteiger partial charge in [-0.05, 0) is 57.2 Å². The van der Waals surface area contributed by atoms with E-state index in [2.05, 4.69) is 5.32 Å². The van der Waals surface area contributed by atoms with Gasteiger partial charge in [0.2, 0.25) is 0 Å². The minimum Gasteiger partial charge on any atom is -0.360 e. The van der Waals surface area contributed by atoms with Gasteiger partial charge in [0.1, 0.15) is 0 Å². The molecule has 1 aromatic rings. The maximum Gasteiger partial charge on any atom is 0.256 e. The molecule has 1 amide bonds. The number of hydrogen-bond donors (Lipinski definition) is 1. The number of hydrogen-bond acceptors (Lipinski definition) is 3. The zero-order valence-electron chi connectivity index (χ0n) is 15.5. The van der Waals surface area contributed by atoms with E-state index in [1.165, 1.54) is 19.3 Å². The Hall–Kier alpha value is -1.39. The molecule has 1 aromatic carbocycles. The summed E-state index contributed by atoms with van der Waals surface area (Å²) in [5.74, 6) is 0.896. The van der Waals surface area contributed by atoms with Crippen molar-refractivity contribution in [2.24, 2.45) is 5.92 Å². The Morgan fingerprint density at radius 1 is 1.16 bits per heavy atom. The third-order valence-corrected chi connectivity index (χ3v) is 5.69. The predicted octanol–water partition coefficient (Wildman–Crippen LogP) is 3.54. The van der Waals surface area contributed by atoms with E-state index < -0.39 is 6.10 Å². The fraction of sp³-hybridized carbons (Fsp3) is 0.667. The number of benzene rings is 1. The number of amides is 1. The average molecular weight is 344 g/mol. The molecule has 0 spiro atoms. The molecule has 0 radical (unpaired) electrons. The molecule has 1 N–H and O–H groups in total. The number of ether oxygens (including phenoxy) is 1. The van der Waals surface area contributed by atoms with Crippen LogP contribution in [0.25, 0.3) is 0 Å². The Balaban J connectivity index is 1.63. The topological polar surface area (TPSA) is 41.6 Å². The van der Waals surface area contributed by atoms with Gasteiger partial charge in [0.25, 0.3) is 5.91 Å². The van der Waals surface area contributed by atoms with Gasteiger partial charge in [-0.15, -0.1) is 0 Å². The van der Waals surface area contributed by atoms with E-state index in [-0.39, 0.29) is 12.0 Å². The van der Waals surface area contributed by atoms with Gasteiger partial charge in [0.05, 0.1) is 6.10 Å². The highest BCUT2D eigenvalue weighted by molar-refractivity contribution is 5.82. The van der Waals surface area contributed by atoms with Crippen molar-refractivity contribution in [2.45, 2.75) is 57.2 Å². The fourth-order valence-corrected chi connectivity index (χ4v) is 4.08. The molecule has 4 heteroatoms. The number of nitrogens with zero attached hydrogens (tertiary/aromatic N) is 1. The minimum absolute atomic E-state index is 0.158. The molecule has 4 nitrogen and oxygen atoms in total. The van der Waals surface area contributed by atoms with Crippen molar-refractivity contribution in [1.29, 1.82) is 0 Å². The number of carbonyl (C=O) groups excluding carboxylic acids is 1. The van der Waals surface area contributed by atoms with Gasteiger partial charge in [0, 0.05) is 13.1 Å². The van der Waals surface area contributed by atoms with E-state index >= 15 is 0 Å².